The van der Waals surface area contributed by atoms with E-state index in [2.05, 4.69) is 0 Å². The molecule has 146 valence electrons. The number of hydrogen-bond donors (Lipinski definition) is 2. The fourth-order valence-electron chi connectivity index (χ4n) is 2.64. The Hall–Kier alpha value is -2.41. The van der Waals surface area contributed by atoms with Crippen LogP contribution < -0.4 is 9.47 Å². The van der Waals surface area contributed by atoms with Gasteiger partial charge in [-0.2, -0.15) is 0 Å². The zero-order chi connectivity index (χ0) is 19.9. The minimum Gasteiger partial charge on any atom is -0.497 e. The number of methoxy groups -OCH3 is 2. The van der Waals surface area contributed by atoms with Crippen LogP contribution in [-0.2, 0) is 11.3 Å². The van der Waals surface area contributed by atoms with Gasteiger partial charge in [-0.25, -0.2) is 0 Å². The number of ether oxygens (including phenoxy) is 3. The van der Waals surface area contributed by atoms with Crippen molar-refractivity contribution in [2.24, 2.45) is 0 Å². The molecule has 2 aromatic rings. The molecule has 0 radical (unpaired) electrons. The Labute approximate surface area is 159 Å². The monoisotopic (exact) mass is 374 g/mol. The Morgan fingerprint density at radius 3 is 2.37 bits per heavy atom. The number of carbonyl (C=O) groups is 1. The molecule has 6 heteroatoms. The van der Waals surface area contributed by atoms with Gasteiger partial charge in [0.2, 0.25) is 0 Å². The lowest BCUT2D eigenvalue weighted by Gasteiger charge is -2.28. The van der Waals surface area contributed by atoms with E-state index in [4.69, 9.17) is 14.2 Å². The van der Waals surface area contributed by atoms with Gasteiger partial charge < -0.3 is 24.4 Å². The highest BCUT2D eigenvalue weighted by molar-refractivity contribution is 6.04. The number of rotatable bonds is 10. The van der Waals surface area contributed by atoms with Crippen LogP contribution in [0.25, 0.3) is 0 Å². The molecular weight excluding hydrogens is 348 g/mol. The van der Waals surface area contributed by atoms with Gasteiger partial charge in [0, 0.05) is 6.61 Å². The van der Waals surface area contributed by atoms with Crippen LogP contribution in [0.5, 0.6) is 11.5 Å². The first-order chi connectivity index (χ1) is 12.9. The number of aliphatic hydroxyl groups is 2. The van der Waals surface area contributed by atoms with Gasteiger partial charge in [0.15, 0.2) is 11.4 Å². The molecule has 27 heavy (non-hydrogen) atoms. The molecule has 0 bridgehead atoms. The fourth-order valence-corrected chi connectivity index (χ4v) is 2.64. The molecule has 2 aromatic carbocycles. The summed E-state index contributed by atoms with van der Waals surface area (Å²) in [5, 5.41) is 20.9. The quantitative estimate of drug-likeness (QED) is 0.491. The third-order valence-corrected chi connectivity index (χ3v) is 4.42. The lowest BCUT2D eigenvalue weighted by Crippen LogP contribution is -2.47. The minimum absolute atomic E-state index is 0.115. The molecule has 0 aliphatic heterocycles. The molecule has 0 aliphatic carbocycles. The molecule has 2 atom stereocenters. The number of carbonyl (C=O) groups excluding carboxylic acids is 1. The lowest BCUT2D eigenvalue weighted by atomic mass is 9.87. The number of ketones is 1. The summed E-state index contributed by atoms with van der Waals surface area (Å²) in [6.07, 6.45) is -1.16. The van der Waals surface area contributed by atoms with Gasteiger partial charge in [-0.05, 0) is 43.2 Å². The van der Waals surface area contributed by atoms with Crippen LogP contribution in [0.2, 0.25) is 0 Å². The summed E-state index contributed by atoms with van der Waals surface area (Å²) in [7, 11) is 3.05. The predicted octanol–water partition coefficient (Wildman–Crippen LogP) is 2.61. The van der Waals surface area contributed by atoms with Crippen molar-refractivity contribution >= 4 is 5.78 Å². The lowest BCUT2D eigenvalue weighted by molar-refractivity contribution is -0.0532. The van der Waals surface area contributed by atoms with Crippen LogP contribution in [0, 0.1) is 0 Å². The number of para-hydroxylation sites is 1. The largest absolute Gasteiger partial charge is 0.497 e. The van der Waals surface area contributed by atoms with Crippen LogP contribution in [-0.4, -0.2) is 48.5 Å². The topological polar surface area (TPSA) is 85.2 Å². The molecule has 0 saturated carbocycles. The third-order valence-electron chi connectivity index (χ3n) is 4.42. The second-order valence-electron chi connectivity index (χ2n) is 6.38. The number of aliphatic hydroxyl groups excluding tert-OH is 1. The summed E-state index contributed by atoms with van der Waals surface area (Å²) in [4.78, 5) is 12.7. The van der Waals surface area contributed by atoms with Crippen molar-refractivity contribution in [3.05, 3.63) is 59.7 Å². The number of Topliss-reactive ketones (excluding diaryl/α,β-unsaturated/α-hetero) is 1. The molecule has 0 fully saturated rings. The van der Waals surface area contributed by atoms with Crippen molar-refractivity contribution in [2.45, 2.75) is 31.7 Å². The van der Waals surface area contributed by atoms with E-state index in [9.17, 15) is 15.0 Å². The second-order valence-corrected chi connectivity index (χ2v) is 6.38. The van der Waals surface area contributed by atoms with Gasteiger partial charge >= 0.3 is 0 Å². The molecule has 0 heterocycles. The van der Waals surface area contributed by atoms with E-state index in [1.807, 2.05) is 24.3 Å². The van der Waals surface area contributed by atoms with Crippen LogP contribution in [0.3, 0.4) is 0 Å². The van der Waals surface area contributed by atoms with E-state index in [1.165, 1.54) is 14.0 Å². The number of hydrogen-bond acceptors (Lipinski definition) is 6. The van der Waals surface area contributed by atoms with E-state index >= 15 is 0 Å². The molecule has 2 N–H and O–H groups in total. The molecular formula is C21H26O6. The third kappa shape index (κ3) is 5.29. The molecule has 0 saturated heterocycles. The highest BCUT2D eigenvalue weighted by Crippen LogP contribution is 2.26. The fraction of sp³-hybridized carbons (Fsp3) is 0.381. The van der Waals surface area contributed by atoms with Crippen LogP contribution >= 0.6 is 0 Å². The highest BCUT2D eigenvalue weighted by atomic mass is 16.5. The van der Waals surface area contributed by atoms with Crippen molar-refractivity contribution in [3.63, 3.8) is 0 Å². The maximum atomic E-state index is 12.7. The first-order valence-corrected chi connectivity index (χ1v) is 8.69. The van der Waals surface area contributed by atoms with Crippen molar-refractivity contribution in [1.29, 1.82) is 0 Å². The van der Waals surface area contributed by atoms with E-state index in [0.29, 0.717) is 12.4 Å². The van der Waals surface area contributed by atoms with Gasteiger partial charge in [-0.3, -0.25) is 4.79 Å². The van der Waals surface area contributed by atoms with Crippen molar-refractivity contribution in [3.8, 4) is 11.5 Å². The molecule has 0 amide bonds. The highest BCUT2D eigenvalue weighted by Gasteiger charge is 2.39. The summed E-state index contributed by atoms with van der Waals surface area (Å²) >= 11 is 0. The smallest absolute Gasteiger partial charge is 0.200 e. The average molecular weight is 374 g/mol. The van der Waals surface area contributed by atoms with E-state index < -0.39 is 17.5 Å². The summed E-state index contributed by atoms with van der Waals surface area (Å²) in [5.74, 6) is 0.522. The van der Waals surface area contributed by atoms with Gasteiger partial charge in [-0.1, -0.05) is 24.3 Å². The van der Waals surface area contributed by atoms with Gasteiger partial charge in [-0.15, -0.1) is 0 Å². The van der Waals surface area contributed by atoms with Crippen molar-refractivity contribution < 1.29 is 29.2 Å². The van der Waals surface area contributed by atoms with Gasteiger partial charge in [0.25, 0.3) is 0 Å². The Bertz CT molecular complexity index is 739. The van der Waals surface area contributed by atoms with Gasteiger partial charge in [0.1, 0.15) is 11.5 Å². The van der Waals surface area contributed by atoms with Crippen molar-refractivity contribution in [1.82, 2.24) is 0 Å². The summed E-state index contributed by atoms with van der Waals surface area (Å²) in [5.41, 5.74) is -0.761. The molecule has 0 unspecified atom stereocenters. The molecule has 2 rings (SSSR count). The van der Waals surface area contributed by atoms with Crippen molar-refractivity contribution in [2.75, 3.05) is 20.8 Å². The standard InChI is InChI=1S/C21H26O6/c1-21(24,20(23)17-6-4-5-7-18(17)26-3)19(22)12-13-27-14-15-8-10-16(25-2)11-9-15/h4-11,19,22,24H,12-14H2,1-3H3/t19-,21-/m1/s1. The van der Waals surface area contributed by atoms with Crippen LogP contribution in [0.1, 0.15) is 29.3 Å². The Morgan fingerprint density at radius 1 is 1.07 bits per heavy atom. The predicted molar refractivity (Wildman–Crippen MR) is 101 cm³/mol. The number of benzene rings is 2. The summed E-state index contributed by atoms with van der Waals surface area (Å²) in [6, 6.07) is 14.0. The SMILES string of the molecule is COc1ccc(COCC[C@@H](O)[C@@](C)(O)C(=O)c2ccccc2OC)cc1. The van der Waals surface area contributed by atoms with E-state index in [-0.39, 0.29) is 18.6 Å². The molecule has 6 nitrogen and oxygen atoms in total. The first kappa shape index (κ1) is 20.9. The first-order valence-electron chi connectivity index (χ1n) is 8.69. The van der Waals surface area contributed by atoms with Crippen LogP contribution in [0.15, 0.2) is 48.5 Å². The normalized spacial score (nSPS) is 14.3. The maximum Gasteiger partial charge on any atom is 0.200 e. The van der Waals surface area contributed by atoms with Crippen LogP contribution in [0.4, 0.5) is 0 Å². The van der Waals surface area contributed by atoms with Gasteiger partial charge in [0.05, 0.1) is 32.5 Å². The van der Waals surface area contributed by atoms with E-state index in [1.54, 1.807) is 31.4 Å². The molecule has 0 aromatic heterocycles. The summed E-state index contributed by atoms with van der Waals surface area (Å²) in [6.45, 7) is 1.86. The van der Waals surface area contributed by atoms with E-state index in [0.717, 1.165) is 11.3 Å². The second kappa shape index (κ2) is 9.50. The zero-order valence-corrected chi connectivity index (χ0v) is 15.8. The zero-order valence-electron chi connectivity index (χ0n) is 15.8. The summed E-state index contributed by atoms with van der Waals surface area (Å²) < 4.78 is 15.8. The molecule has 0 spiro atoms. The Balaban J connectivity index is 1.89. The minimum atomic E-state index is -1.95. The Morgan fingerprint density at radius 2 is 1.74 bits per heavy atom. The average Bonchev–Trinajstić information content (AvgIpc) is 2.70. The molecule has 0 aliphatic rings. The maximum absolute atomic E-state index is 12.7. The Kier molecular flexibility index (Phi) is 7.36.